The number of aromatic nitrogens is 3. The summed E-state index contributed by atoms with van der Waals surface area (Å²) in [6.07, 6.45) is 1.15. The third-order valence-electron chi connectivity index (χ3n) is 7.04. The van der Waals surface area contributed by atoms with Crippen LogP contribution in [0.5, 0.6) is 5.75 Å². The highest BCUT2D eigenvalue weighted by atomic mass is 16.5. The maximum Gasteiger partial charge on any atom is 0.262 e. The van der Waals surface area contributed by atoms with Crippen molar-refractivity contribution in [3.8, 4) is 28.1 Å². The van der Waals surface area contributed by atoms with Crippen LogP contribution in [0.25, 0.3) is 33.4 Å². The summed E-state index contributed by atoms with van der Waals surface area (Å²) in [4.78, 5) is 42.0. The topological polar surface area (TPSA) is 88.2 Å². The number of ketones is 1. The van der Waals surface area contributed by atoms with Gasteiger partial charge in [0.25, 0.3) is 5.56 Å². The molecular formula is C28H26N4O3. The number of hydrogen-bond donors (Lipinski definition) is 1. The van der Waals surface area contributed by atoms with Crippen molar-refractivity contribution < 1.29 is 9.53 Å². The molecule has 0 spiro atoms. The molecule has 7 heteroatoms. The first-order valence-corrected chi connectivity index (χ1v) is 12.0. The number of anilines is 1. The summed E-state index contributed by atoms with van der Waals surface area (Å²) >= 11 is 0. The van der Waals surface area contributed by atoms with Crippen molar-refractivity contribution in [2.75, 3.05) is 25.1 Å². The van der Waals surface area contributed by atoms with Gasteiger partial charge in [-0.05, 0) is 36.0 Å². The van der Waals surface area contributed by atoms with Gasteiger partial charge in [0, 0.05) is 29.8 Å². The summed E-state index contributed by atoms with van der Waals surface area (Å²) in [6, 6.07) is 14.8. The summed E-state index contributed by atoms with van der Waals surface area (Å²) in [6.45, 7) is 6.10. The molecule has 0 amide bonds. The van der Waals surface area contributed by atoms with Crippen LogP contribution in [0, 0.1) is 11.8 Å². The van der Waals surface area contributed by atoms with E-state index in [1.807, 2.05) is 42.5 Å². The van der Waals surface area contributed by atoms with Gasteiger partial charge in [-0.1, -0.05) is 50.2 Å². The van der Waals surface area contributed by atoms with Crippen LogP contribution < -0.4 is 15.2 Å². The number of benzene rings is 2. The van der Waals surface area contributed by atoms with Crippen molar-refractivity contribution in [2.45, 2.75) is 20.3 Å². The zero-order valence-electron chi connectivity index (χ0n) is 20.0. The smallest absolute Gasteiger partial charge is 0.262 e. The van der Waals surface area contributed by atoms with Gasteiger partial charge in [-0.2, -0.15) is 4.98 Å². The normalized spacial score (nSPS) is 19.1. The van der Waals surface area contributed by atoms with E-state index < -0.39 is 0 Å². The van der Waals surface area contributed by atoms with E-state index in [9.17, 15) is 9.59 Å². The molecule has 0 saturated carbocycles. The standard InChI is InChI=1S/C28H26N4O3/c1-15-12-16(2)14-32(13-15)28-30-26-23(27(34)31-28)21(17-8-10-18(35-3)11-9-17)22-24(29-26)19-6-4-5-7-20(19)25(22)33/h4-11,15-16H,12-14H2,1-3H3,(H,29,30,31,34)/t15-,16+. The van der Waals surface area contributed by atoms with Crippen LogP contribution in [0.4, 0.5) is 5.95 Å². The predicted molar refractivity (Wildman–Crippen MR) is 136 cm³/mol. The lowest BCUT2D eigenvalue weighted by molar-refractivity contribution is 0.104. The van der Waals surface area contributed by atoms with Crippen LogP contribution in [0.3, 0.4) is 0 Å². The van der Waals surface area contributed by atoms with E-state index in [4.69, 9.17) is 14.7 Å². The number of piperidine rings is 1. The van der Waals surface area contributed by atoms with E-state index in [0.717, 1.165) is 30.6 Å². The van der Waals surface area contributed by atoms with Crippen molar-refractivity contribution in [2.24, 2.45) is 11.8 Å². The highest BCUT2D eigenvalue weighted by Crippen LogP contribution is 2.43. The molecule has 176 valence electrons. The third-order valence-corrected chi connectivity index (χ3v) is 7.04. The van der Waals surface area contributed by atoms with Crippen LogP contribution in [0.2, 0.25) is 0 Å². The maximum atomic E-state index is 13.6. The second kappa shape index (κ2) is 8.05. The number of ether oxygens (including phenoxy) is 1. The number of nitrogens with one attached hydrogen (secondary N) is 1. The van der Waals surface area contributed by atoms with E-state index in [1.165, 1.54) is 0 Å². The molecule has 35 heavy (non-hydrogen) atoms. The van der Waals surface area contributed by atoms with E-state index in [1.54, 1.807) is 13.2 Å². The Hall–Kier alpha value is -4.00. The second-order valence-corrected chi connectivity index (χ2v) is 9.75. The fraction of sp³-hybridized carbons (Fsp3) is 0.286. The molecule has 6 rings (SSSR count). The molecule has 2 aromatic carbocycles. The predicted octanol–water partition coefficient (Wildman–Crippen LogP) is 4.69. The lowest BCUT2D eigenvalue weighted by Gasteiger charge is -2.35. The van der Waals surface area contributed by atoms with Gasteiger partial charge in [-0.15, -0.1) is 0 Å². The zero-order chi connectivity index (χ0) is 24.3. The third kappa shape index (κ3) is 3.41. The van der Waals surface area contributed by atoms with Gasteiger partial charge in [0.1, 0.15) is 5.75 Å². The molecule has 1 aliphatic heterocycles. The van der Waals surface area contributed by atoms with Crippen molar-refractivity contribution in [3.63, 3.8) is 0 Å². The fourth-order valence-corrected chi connectivity index (χ4v) is 5.63. The Kier molecular flexibility index (Phi) is 4.95. The van der Waals surface area contributed by atoms with Gasteiger partial charge in [0.2, 0.25) is 5.95 Å². The van der Waals surface area contributed by atoms with Crippen molar-refractivity contribution in [3.05, 3.63) is 70.0 Å². The number of H-pyrrole nitrogens is 1. The van der Waals surface area contributed by atoms with Gasteiger partial charge in [-0.3, -0.25) is 14.6 Å². The van der Waals surface area contributed by atoms with Gasteiger partial charge in [-0.25, -0.2) is 4.98 Å². The number of rotatable bonds is 3. The monoisotopic (exact) mass is 466 g/mol. The Balaban J connectivity index is 1.64. The molecule has 0 radical (unpaired) electrons. The molecule has 0 bridgehead atoms. The minimum Gasteiger partial charge on any atom is -0.497 e. The Morgan fingerprint density at radius 2 is 1.60 bits per heavy atom. The Bertz CT molecular complexity index is 1530. The molecule has 7 nitrogen and oxygen atoms in total. The quantitative estimate of drug-likeness (QED) is 0.415. The highest BCUT2D eigenvalue weighted by molar-refractivity contribution is 6.26. The number of aromatic amines is 1. The lowest BCUT2D eigenvalue weighted by atomic mass is 9.92. The largest absolute Gasteiger partial charge is 0.497 e. The summed E-state index contributed by atoms with van der Waals surface area (Å²) < 4.78 is 5.32. The summed E-state index contributed by atoms with van der Waals surface area (Å²) in [7, 11) is 1.60. The Morgan fingerprint density at radius 1 is 0.914 bits per heavy atom. The van der Waals surface area contributed by atoms with Crippen molar-refractivity contribution >= 4 is 22.8 Å². The van der Waals surface area contributed by atoms with Gasteiger partial charge < -0.3 is 9.64 Å². The van der Waals surface area contributed by atoms with Gasteiger partial charge in [0.05, 0.1) is 23.8 Å². The first-order valence-electron chi connectivity index (χ1n) is 12.0. The number of fused-ring (bicyclic) bond motifs is 4. The average Bonchev–Trinajstić information content (AvgIpc) is 3.14. The number of nitrogens with zero attached hydrogens (tertiary/aromatic N) is 3. The molecular weight excluding hydrogens is 440 g/mol. The average molecular weight is 467 g/mol. The van der Waals surface area contributed by atoms with Gasteiger partial charge >= 0.3 is 0 Å². The van der Waals surface area contributed by atoms with Crippen molar-refractivity contribution in [1.82, 2.24) is 15.0 Å². The van der Waals surface area contributed by atoms with Crippen LogP contribution in [0.15, 0.2) is 53.3 Å². The van der Waals surface area contributed by atoms with Crippen LogP contribution in [0.1, 0.15) is 36.2 Å². The lowest BCUT2D eigenvalue weighted by Crippen LogP contribution is -2.40. The first-order chi connectivity index (χ1) is 16.9. The van der Waals surface area contributed by atoms with E-state index >= 15 is 0 Å². The minimum absolute atomic E-state index is 0.127. The maximum absolute atomic E-state index is 13.6. The zero-order valence-corrected chi connectivity index (χ0v) is 20.0. The molecule has 1 N–H and O–H groups in total. The molecule has 2 atom stereocenters. The summed E-state index contributed by atoms with van der Waals surface area (Å²) in [5, 5.41) is 0.330. The van der Waals surface area contributed by atoms with Crippen LogP contribution in [-0.4, -0.2) is 40.9 Å². The Morgan fingerprint density at radius 3 is 2.29 bits per heavy atom. The molecule has 1 saturated heterocycles. The molecule has 0 unspecified atom stereocenters. The van der Waals surface area contributed by atoms with E-state index in [-0.39, 0.29) is 11.3 Å². The van der Waals surface area contributed by atoms with Crippen LogP contribution >= 0.6 is 0 Å². The number of methoxy groups -OCH3 is 1. The Labute approximate surface area is 202 Å². The number of hydrogen-bond acceptors (Lipinski definition) is 6. The highest BCUT2D eigenvalue weighted by Gasteiger charge is 2.34. The number of carbonyl (C=O) groups is 1. The molecule has 4 aromatic rings. The minimum atomic E-state index is -0.291. The molecule has 2 aliphatic rings. The SMILES string of the molecule is COc1ccc(-c2c3c(nc4nc(N5C[C@H](C)C[C@H](C)C5)[nH]c(=O)c24)-c2ccccc2C3=O)cc1. The molecule has 2 aromatic heterocycles. The molecule has 3 heterocycles. The van der Waals surface area contributed by atoms with Crippen molar-refractivity contribution in [1.29, 1.82) is 0 Å². The second-order valence-electron chi connectivity index (χ2n) is 9.75. The molecule has 1 fully saturated rings. The van der Waals surface area contributed by atoms with Gasteiger partial charge in [0.15, 0.2) is 11.4 Å². The number of carbonyl (C=O) groups excluding carboxylic acids is 1. The molecule has 1 aliphatic carbocycles. The first kappa shape index (κ1) is 21.5. The summed E-state index contributed by atoms with van der Waals surface area (Å²) in [5.74, 6) is 2.12. The van der Waals surface area contributed by atoms with E-state index in [2.05, 4.69) is 23.7 Å². The fourth-order valence-electron chi connectivity index (χ4n) is 5.63. The van der Waals surface area contributed by atoms with Crippen LogP contribution in [-0.2, 0) is 0 Å². The summed E-state index contributed by atoms with van der Waals surface area (Å²) in [5.41, 5.74) is 3.76. The number of pyridine rings is 1. The van der Waals surface area contributed by atoms with E-state index in [0.29, 0.717) is 57.0 Å².